The number of nitrogen functional groups attached to an aromatic ring is 1. The van der Waals surface area contributed by atoms with Gasteiger partial charge in [-0.05, 0) is 66.9 Å². The highest BCUT2D eigenvalue weighted by molar-refractivity contribution is 5.84. The lowest BCUT2D eigenvalue weighted by Crippen LogP contribution is -2.40. The number of likely N-dealkylation sites (tertiary alicyclic amines) is 1. The first-order valence-electron chi connectivity index (χ1n) is 13.8. The second-order valence-electron chi connectivity index (χ2n) is 9.58. The lowest BCUT2D eigenvalue weighted by molar-refractivity contribution is 0.197. The van der Waals surface area contributed by atoms with E-state index in [2.05, 4.69) is 50.6 Å². The molecule has 5 heterocycles. The molecule has 41 heavy (non-hydrogen) atoms. The van der Waals surface area contributed by atoms with Crippen molar-refractivity contribution in [3.8, 4) is 34.7 Å². The topological polar surface area (TPSA) is 122 Å². The molecular weight excluding hydrogens is 517 g/mol. The summed E-state index contributed by atoms with van der Waals surface area (Å²) in [6.07, 6.45) is 6.80. The van der Waals surface area contributed by atoms with Gasteiger partial charge in [0.1, 0.15) is 17.2 Å². The average molecular weight is 550 g/mol. The molecule has 1 fully saturated rings. The zero-order valence-corrected chi connectivity index (χ0v) is 23.1. The fourth-order valence-corrected chi connectivity index (χ4v) is 4.99. The number of pyridine rings is 3. The summed E-state index contributed by atoms with van der Waals surface area (Å²) in [5.41, 5.74) is 11.5. The normalized spacial score (nSPS) is 13.8. The van der Waals surface area contributed by atoms with Crippen LogP contribution in [0.2, 0.25) is 0 Å². The number of rotatable bonds is 6. The molecule has 0 atom stereocenters. The standard InChI is InChI=1S/C29H26FN9.C2H6/c30-20-5-8-24(34-16-20)25-9-10-26-29(36-25)39(28(37-26)23-2-1-13-33-27(23)32)22-6-3-19(4-7-22)17-38-14-11-21(12-15-38)35-18-31;1-2/h1-10,13,16,21,35H,11-12,14-15,17H2,(H2,32,33);1-2H3. The van der Waals surface area contributed by atoms with Crippen LogP contribution in [-0.4, -0.2) is 48.5 Å². The van der Waals surface area contributed by atoms with Gasteiger partial charge in [0.25, 0.3) is 0 Å². The lowest BCUT2D eigenvalue weighted by Gasteiger charge is -2.31. The molecule has 0 aliphatic carbocycles. The van der Waals surface area contributed by atoms with E-state index >= 15 is 0 Å². The van der Waals surface area contributed by atoms with E-state index in [0.29, 0.717) is 39.8 Å². The van der Waals surface area contributed by atoms with E-state index in [9.17, 15) is 4.39 Å². The summed E-state index contributed by atoms with van der Waals surface area (Å²) in [6, 6.07) is 19.0. The fraction of sp³-hybridized carbons (Fsp3) is 0.258. The maximum absolute atomic E-state index is 13.5. The number of piperidine rings is 1. The molecule has 1 saturated heterocycles. The van der Waals surface area contributed by atoms with Crippen molar-refractivity contribution < 1.29 is 4.39 Å². The molecule has 0 unspecified atom stereocenters. The average Bonchev–Trinajstić information content (AvgIpc) is 3.39. The summed E-state index contributed by atoms with van der Waals surface area (Å²) in [4.78, 5) is 20.6. The monoisotopic (exact) mass is 549 g/mol. The summed E-state index contributed by atoms with van der Waals surface area (Å²) >= 11 is 0. The van der Waals surface area contributed by atoms with E-state index in [1.807, 2.05) is 42.7 Å². The number of nitrogens with one attached hydrogen (secondary N) is 1. The number of hydrogen-bond acceptors (Lipinski definition) is 8. The van der Waals surface area contributed by atoms with Gasteiger partial charge < -0.3 is 11.1 Å². The molecule has 1 aromatic carbocycles. The Kier molecular flexibility index (Phi) is 8.46. The van der Waals surface area contributed by atoms with E-state index in [0.717, 1.165) is 38.2 Å². The van der Waals surface area contributed by atoms with Gasteiger partial charge in [-0.25, -0.2) is 19.3 Å². The van der Waals surface area contributed by atoms with E-state index < -0.39 is 5.82 Å². The number of benzene rings is 1. The number of anilines is 1. The molecule has 4 aromatic heterocycles. The summed E-state index contributed by atoms with van der Waals surface area (Å²) < 4.78 is 15.4. The van der Waals surface area contributed by atoms with Crippen molar-refractivity contribution in [1.82, 2.24) is 34.7 Å². The summed E-state index contributed by atoms with van der Waals surface area (Å²) in [6.45, 7) is 6.73. The van der Waals surface area contributed by atoms with Crippen molar-refractivity contribution in [3.05, 3.63) is 84.4 Å². The SMILES string of the molecule is CC.N#CNC1CCN(Cc2ccc(-n3c(-c4cccnc4N)nc4ccc(-c5ccc(F)cn5)nc43)cc2)CC1. The Labute approximate surface area is 238 Å². The highest BCUT2D eigenvalue weighted by Gasteiger charge is 2.21. The third-order valence-corrected chi connectivity index (χ3v) is 7.03. The first-order chi connectivity index (χ1) is 20.1. The molecule has 6 rings (SSSR count). The van der Waals surface area contributed by atoms with Crippen LogP contribution in [0.25, 0.3) is 39.6 Å². The molecular formula is C31H32FN9. The molecule has 1 aliphatic rings. The van der Waals surface area contributed by atoms with Crippen LogP contribution in [0.15, 0.2) is 73.1 Å². The van der Waals surface area contributed by atoms with Crippen molar-refractivity contribution in [2.75, 3.05) is 18.8 Å². The second kappa shape index (κ2) is 12.5. The third-order valence-electron chi connectivity index (χ3n) is 7.03. The molecule has 9 nitrogen and oxygen atoms in total. The number of nitriles is 1. The van der Waals surface area contributed by atoms with Crippen LogP contribution >= 0.6 is 0 Å². The molecule has 3 N–H and O–H groups in total. The molecule has 0 spiro atoms. The number of nitrogens with two attached hydrogens (primary N) is 1. The molecule has 10 heteroatoms. The zero-order chi connectivity index (χ0) is 28.8. The van der Waals surface area contributed by atoms with Crippen molar-refractivity contribution in [2.24, 2.45) is 0 Å². The Morgan fingerprint density at radius 1 is 0.976 bits per heavy atom. The smallest absolute Gasteiger partial charge is 0.176 e. The fourth-order valence-electron chi connectivity index (χ4n) is 4.99. The van der Waals surface area contributed by atoms with Gasteiger partial charge in [-0.1, -0.05) is 26.0 Å². The number of fused-ring (bicyclic) bond motifs is 1. The van der Waals surface area contributed by atoms with Crippen molar-refractivity contribution >= 4 is 17.0 Å². The Hall–Kier alpha value is -4.88. The minimum atomic E-state index is -0.400. The van der Waals surface area contributed by atoms with Gasteiger partial charge in [0.2, 0.25) is 0 Å². The second-order valence-corrected chi connectivity index (χ2v) is 9.58. The van der Waals surface area contributed by atoms with Crippen LogP contribution in [-0.2, 0) is 6.54 Å². The maximum Gasteiger partial charge on any atom is 0.176 e. The maximum atomic E-state index is 13.5. The third kappa shape index (κ3) is 6.00. The Balaban J connectivity index is 0.00000165. The molecule has 0 radical (unpaired) electrons. The van der Waals surface area contributed by atoms with Crippen molar-refractivity contribution in [1.29, 1.82) is 5.26 Å². The molecule has 0 saturated carbocycles. The lowest BCUT2D eigenvalue weighted by atomic mass is 10.0. The number of aromatic nitrogens is 5. The molecule has 5 aromatic rings. The number of hydrogen-bond donors (Lipinski definition) is 2. The Morgan fingerprint density at radius 3 is 2.41 bits per heavy atom. The van der Waals surface area contributed by atoms with Gasteiger partial charge in [-0.2, -0.15) is 5.26 Å². The predicted molar refractivity (Wildman–Crippen MR) is 158 cm³/mol. The number of nitrogens with zero attached hydrogens (tertiary/aromatic N) is 7. The molecule has 208 valence electrons. The van der Waals surface area contributed by atoms with Gasteiger partial charge in [-0.15, -0.1) is 0 Å². The first kappa shape index (κ1) is 27.7. The van der Waals surface area contributed by atoms with E-state index in [1.54, 1.807) is 12.3 Å². The van der Waals surface area contributed by atoms with Crippen LogP contribution in [0.4, 0.5) is 10.2 Å². The minimum Gasteiger partial charge on any atom is -0.383 e. The van der Waals surface area contributed by atoms with Crippen LogP contribution in [0.3, 0.4) is 0 Å². The quantitative estimate of drug-likeness (QED) is 0.215. The van der Waals surface area contributed by atoms with Crippen LogP contribution < -0.4 is 11.1 Å². The molecule has 1 aliphatic heterocycles. The summed E-state index contributed by atoms with van der Waals surface area (Å²) in [5.74, 6) is 0.607. The van der Waals surface area contributed by atoms with Gasteiger partial charge in [-0.3, -0.25) is 14.5 Å². The first-order valence-corrected chi connectivity index (χ1v) is 13.8. The van der Waals surface area contributed by atoms with Gasteiger partial charge in [0.15, 0.2) is 17.7 Å². The highest BCUT2D eigenvalue weighted by atomic mass is 19.1. The minimum absolute atomic E-state index is 0.268. The van der Waals surface area contributed by atoms with Crippen LogP contribution in [0, 0.1) is 17.3 Å². The predicted octanol–water partition coefficient (Wildman–Crippen LogP) is 5.33. The number of halogens is 1. The van der Waals surface area contributed by atoms with Crippen molar-refractivity contribution in [3.63, 3.8) is 0 Å². The van der Waals surface area contributed by atoms with Gasteiger partial charge >= 0.3 is 0 Å². The largest absolute Gasteiger partial charge is 0.383 e. The Bertz CT molecular complexity index is 1650. The van der Waals surface area contributed by atoms with Gasteiger partial charge in [0.05, 0.1) is 23.1 Å². The van der Waals surface area contributed by atoms with Crippen LogP contribution in [0.5, 0.6) is 0 Å². The Morgan fingerprint density at radius 2 is 1.73 bits per heavy atom. The summed E-state index contributed by atoms with van der Waals surface area (Å²) in [5, 5.41) is 11.7. The van der Waals surface area contributed by atoms with Gasteiger partial charge in [0, 0.05) is 37.6 Å². The van der Waals surface area contributed by atoms with Crippen molar-refractivity contribution in [2.45, 2.75) is 39.3 Å². The highest BCUT2D eigenvalue weighted by Crippen LogP contribution is 2.31. The summed E-state index contributed by atoms with van der Waals surface area (Å²) in [7, 11) is 0. The number of imidazole rings is 1. The van der Waals surface area contributed by atoms with E-state index in [-0.39, 0.29) is 6.04 Å². The van der Waals surface area contributed by atoms with E-state index in [4.69, 9.17) is 21.0 Å². The van der Waals surface area contributed by atoms with E-state index in [1.165, 1.54) is 17.8 Å². The molecule has 0 bridgehead atoms. The molecule has 0 amide bonds. The zero-order valence-electron chi connectivity index (χ0n) is 23.1. The van der Waals surface area contributed by atoms with Crippen LogP contribution in [0.1, 0.15) is 32.3 Å².